The van der Waals surface area contributed by atoms with E-state index in [9.17, 15) is 5.11 Å². The number of hydrogen-bond donors (Lipinski definition) is 3. The Bertz CT molecular complexity index is 611. The van der Waals surface area contributed by atoms with Crippen LogP contribution < -0.4 is 10.6 Å². The van der Waals surface area contributed by atoms with Crippen molar-refractivity contribution in [2.75, 3.05) is 19.6 Å². The van der Waals surface area contributed by atoms with Gasteiger partial charge in [0, 0.05) is 31.6 Å². The third kappa shape index (κ3) is 4.58. The number of nitrogens with one attached hydrogen (secondary N) is 2. The number of fused-ring (bicyclic) bond motifs is 1. The smallest absolute Gasteiger partial charge is 0.0895 e. The number of halogens is 2. The molecule has 0 aliphatic carbocycles. The topological polar surface area (TPSA) is 62.1 Å². The lowest BCUT2D eigenvalue weighted by Gasteiger charge is -2.32. The molecule has 3 N–H and O–H groups in total. The Kier molecular flexibility index (Phi) is 7.77. The SMILES string of the molecule is CCn1nc(CNCC2(O)CCCNC2)c2ccccc21.Cl.Cl. The van der Waals surface area contributed by atoms with Crippen molar-refractivity contribution in [2.24, 2.45) is 0 Å². The maximum absolute atomic E-state index is 10.5. The quantitative estimate of drug-likeness (QED) is 0.763. The zero-order chi connectivity index (χ0) is 14.7. The highest BCUT2D eigenvalue weighted by Gasteiger charge is 2.28. The van der Waals surface area contributed by atoms with E-state index in [0.717, 1.165) is 31.6 Å². The van der Waals surface area contributed by atoms with Crippen LogP contribution in [0.15, 0.2) is 24.3 Å². The molecule has 1 aliphatic rings. The van der Waals surface area contributed by atoms with Crippen LogP contribution in [0.25, 0.3) is 10.9 Å². The number of aliphatic hydroxyl groups is 1. The monoisotopic (exact) mass is 360 g/mol. The molecule has 3 rings (SSSR count). The summed E-state index contributed by atoms with van der Waals surface area (Å²) in [5.74, 6) is 0. The van der Waals surface area contributed by atoms with E-state index in [1.54, 1.807) is 0 Å². The number of β-amino-alcohol motifs (C(OH)–C–C–N with tert-alkyl or cyclic N) is 1. The van der Waals surface area contributed by atoms with Crippen LogP contribution in [0.4, 0.5) is 0 Å². The second-order valence-corrected chi connectivity index (χ2v) is 5.89. The zero-order valence-corrected chi connectivity index (χ0v) is 15.1. The minimum atomic E-state index is -0.624. The third-order valence-corrected chi connectivity index (χ3v) is 4.23. The first-order valence-corrected chi connectivity index (χ1v) is 7.80. The van der Waals surface area contributed by atoms with Crippen LogP contribution in [-0.4, -0.2) is 40.1 Å². The molecule has 0 amide bonds. The van der Waals surface area contributed by atoms with Crippen LogP contribution in [0, 0.1) is 0 Å². The highest BCUT2D eigenvalue weighted by molar-refractivity contribution is 5.85. The van der Waals surface area contributed by atoms with Crippen molar-refractivity contribution in [1.82, 2.24) is 20.4 Å². The standard InChI is InChI=1S/C16H24N4O.2ClH/c1-2-20-15-7-4-3-6-13(15)14(19-20)10-18-12-16(21)8-5-9-17-11-16;;/h3-4,6-7,17-18,21H,2,5,8-12H2,1H3;2*1H. The molecule has 1 fully saturated rings. The van der Waals surface area contributed by atoms with E-state index in [-0.39, 0.29) is 24.8 Å². The minimum Gasteiger partial charge on any atom is -0.387 e. The Balaban J connectivity index is 0.00000132. The van der Waals surface area contributed by atoms with Gasteiger partial charge in [-0.3, -0.25) is 4.68 Å². The van der Waals surface area contributed by atoms with Gasteiger partial charge in [0.25, 0.3) is 0 Å². The molecule has 2 aromatic rings. The van der Waals surface area contributed by atoms with Gasteiger partial charge in [0.1, 0.15) is 0 Å². The minimum absolute atomic E-state index is 0. The molecule has 5 nitrogen and oxygen atoms in total. The summed E-state index contributed by atoms with van der Waals surface area (Å²) in [4.78, 5) is 0. The van der Waals surface area contributed by atoms with Crippen LogP contribution >= 0.6 is 24.8 Å². The average Bonchev–Trinajstić information content (AvgIpc) is 2.86. The van der Waals surface area contributed by atoms with E-state index in [1.165, 1.54) is 10.9 Å². The number of rotatable bonds is 5. The molecule has 0 saturated carbocycles. The molecule has 1 aromatic carbocycles. The van der Waals surface area contributed by atoms with Gasteiger partial charge in [-0.05, 0) is 32.4 Å². The van der Waals surface area contributed by atoms with Crippen molar-refractivity contribution in [2.45, 2.75) is 38.5 Å². The van der Waals surface area contributed by atoms with Gasteiger partial charge in [0.2, 0.25) is 0 Å². The first kappa shape index (κ1) is 20.2. The molecular formula is C16H26Cl2N4O. The molecule has 0 spiro atoms. The van der Waals surface area contributed by atoms with Crippen LogP contribution in [0.2, 0.25) is 0 Å². The van der Waals surface area contributed by atoms with Crippen LogP contribution in [0.5, 0.6) is 0 Å². The Morgan fingerprint density at radius 3 is 2.83 bits per heavy atom. The van der Waals surface area contributed by atoms with Crippen molar-refractivity contribution in [3.05, 3.63) is 30.0 Å². The number of para-hydroxylation sites is 1. The molecule has 1 atom stereocenters. The van der Waals surface area contributed by atoms with E-state index in [4.69, 9.17) is 0 Å². The normalized spacial score (nSPS) is 20.8. The predicted octanol–water partition coefficient (Wildman–Crippen LogP) is 2.10. The van der Waals surface area contributed by atoms with Crippen molar-refractivity contribution in [3.8, 4) is 0 Å². The van der Waals surface area contributed by atoms with E-state index in [0.29, 0.717) is 19.6 Å². The summed E-state index contributed by atoms with van der Waals surface area (Å²) in [6.07, 6.45) is 1.89. The molecule has 7 heteroatoms. The molecule has 2 heterocycles. The second-order valence-electron chi connectivity index (χ2n) is 5.89. The molecule has 23 heavy (non-hydrogen) atoms. The van der Waals surface area contributed by atoms with Gasteiger partial charge < -0.3 is 15.7 Å². The number of aromatic nitrogens is 2. The van der Waals surface area contributed by atoms with Gasteiger partial charge in [-0.2, -0.15) is 5.10 Å². The fraction of sp³-hybridized carbons (Fsp3) is 0.562. The summed E-state index contributed by atoms with van der Waals surface area (Å²) in [5, 5.41) is 23.0. The van der Waals surface area contributed by atoms with Gasteiger partial charge in [0.15, 0.2) is 0 Å². The fourth-order valence-electron chi connectivity index (χ4n) is 3.08. The number of piperidine rings is 1. The van der Waals surface area contributed by atoms with Crippen LogP contribution in [-0.2, 0) is 13.1 Å². The summed E-state index contributed by atoms with van der Waals surface area (Å²) in [6.45, 7) is 5.95. The van der Waals surface area contributed by atoms with Crippen molar-refractivity contribution in [3.63, 3.8) is 0 Å². The molecule has 1 saturated heterocycles. The second kappa shape index (κ2) is 8.85. The third-order valence-electron chi connectivity index (χ3n) is 4.23. The van der Waals surface area contributed by atoms with E-state index in [1.807, 2.05) is 16.8 Å². The summed E-state index contributed by atoms with van der Waals surface area (Å²) in [5.41, 5.74) is 1.61. The molecular weight excluding hydrogens is 335 g/mol. The molecule has 130 valence electrons. The summed E-state index contributed by atoms with van der Waals surface area (Å²) in [7, 11) is 0. The highest BCUT2D eigenvalue weighted by Crippen LogP contribution is 2.19. The number of hydrogen-bond acceptors (Lipinski definition) is 4. The lowest BCUT2D eigenvalue weighted by molar-refractivity contribution is 0.0168. The van der Waals surface area contributed by atoms with Crippen molar-refractivity contribution in [1.29, 1.82) is 0 Å². The zero-order valence-electron chi connectivity index (χ0n) is 13.4. The van der Waals surface area contributed by atoms with E-state index >= 15 is 0 Å². The van der Waals surface area contributed by atoms with E-state index < -0.39 is 5.60 Å². The maximum atomic E-state index is 10.5. The molecule has 1 unspecified atom stereocenters. The predicted molar refractivity (Wildman–Crippen MR) is 98.7 cm³/mol. The van der Waals surface area contributed by atoms with Crippen LogP contribution in [0.3, 0.4) is 0 Å². The van der Waals surface area contributed by atoms with Gasteiger partial charge in [-0.1, -0.05) is 18.2 Å². The first-order chi connectivity index (χ1) is 10.2. The average molecular weight is 361 g/mol. The summed E-state index contributed by atoms with van der Waals surface area (Å²) < 4.78 is 2.03. The number of benzene rings is 1. The number of nitrogens with zero attached hydrogens (tertiary/aromatic N) is 2. The fourth-order valence-corrected chi connectivity index (χ4v) is 3.08. The Hall–Kier alpha value is -0.850. The summed E-state index contributed by atoms with van der Waals surface area (Å²) >= 11 is 0. The highest BCUT2D eigenvalue weighted by atomic mass is 35.5. The lowest BCUT2D eigenvalue weighted by Crippen LogP contribution is -2.51. The van der Waals surface area contributed by atoms with Crippen molar-refractivity contribution < 1.29 is 5.11 Å². The Morgan fingerprint density at radius 1 is 1.35 bits per heavy atom. The van der Waals surface area contributed by atoms with Gasteiger partial charge >= 0.3 is 0 Å². The molecule has 0 radical (unpaired) electrons. The van der Waals surface area contributed by atoms with Crippen molar-refractivity contribution >= 4 is 35.7 Å². The van der Waals surface area contributed by atoms with E-state index in [2.05, 4.69) is 34.8 Å². The molecule has 1 aromatic heterocycles. The molecule has 0 bridgehead atoms. The Morgan fingerprint density at radius 2 is 2.13 bits per heavy atom. The van der Waals surface area contributed by atoms with Gasteiger partial charge in [-0.25, -0.2) is 0 Å². The first-order valence-electron chi connectivity index (χ1n) is 7.80. The largest absolute Gasteiger partial charge is 0.387 e. The van der Waals surface area contributed by atoms with Gasteiger partial charge in [0.05, 0.1) is 16.8 Å². The molecule has 1 aliphatic heterocycles. The summed E-state index contributed by atoms with van der Waals surface area (Å²) in [6, 6.07) is 8.31. The number of aryl methyl sites for hydroxylation is 1. The maximum Gasteiger partial charge on any atom is 0.0895 e. The van der Waals surface area contributed by atoms with Crippen LogP contribution in [0.1, 0.15) is 25.5 Å². The van der Waals surface area contributed by atoms with Gasteiger partial charge in [-0.15, -0.1) is 24.8 Å². The lowest BCUT2D eigenvalue weighted by atomic mass is 9.94. The Labute approximate surface area is 149 Å².